The van der Waals surface area contributed by atoms with Gasteiger partial charge >= 0.3 is 0 Å². The maximum atomic E-state index is 12.4. The van der Waals surface area contributed by atoms with Crippen LogP contribution in [0.25, 0.3) is 0 Å². The summed E-state index contributed by atoms with van der Waals surface area (Å²) in [5, 5.41) is 33.1. The van der Waals surface area contributed by atoms with Gasteiger partial charge in [-0.25, -0.2) is 0 Å². The van der Waals surface area contributed by atoms with Gasteiger partial charge in [0.1, 0.15) is 0 Å². The van der Waals surface area contributed by atoms with E-state index < -0.39 is 18.2 Å². The van der Waals surface area contributed by atoms with Crippen LogP contribution in [0, 0.1) is 0 Å². The molecular weight excluding hydrogens is 594 g/mol. The lowest BCUT2D eigenvalue weighted by Gasteiger charge is -2.21. The molecule has 3 atom stereocenters. The molecule has 278 valence electrons. The van der Waals surface area contributed by atoms with E-state index in [4.69, 9.17) is 0 Å². The second-order valence-corrected chi connectivity index (χ2v) is 13.5. The zero-order chi connectivity index (χ0) is 35.2. The minimum absolute atomic E-state index is 0.000873. The highest BCUT2D eigenvalue weighted by Crippen LogP contribution is 2.14. The molecular formula is C43H77NO4. The molecule has 0 aliphatic carbocycles. The van der Waals surface area contributed by atoms with Crippen molar-refractivity contribution in [3.8, 4) is 0 Å². The van der Waals surface area contributed by atoms with Crippen molar-refractivity contribution in [2.75, 3.05) is 6.61 Å². The molecule has 5 heteroatoms. The molecule has 48 heavy (non-hydrogen) atoms. The van der Waals surface area contributed by atoms with E-state index in [1.165, 1.54) is 103 Å². The third-order valence-electron chi connectivity index (χ3n) is 8.77. The van der Waals surface area contributed by atoms with E-state index in [9.17, 15) is 20.1 Å². The molecule has 4 N–H and O–H groups in total. The Morgan fingerprint density at radius 1 is 0.562 bits per heavy atom. The largest absolute Gasteiger partial charge is 0.394 e. The standard InChI is InChI=1S/C43H77NO4/c1-3-5-7-9-11-13-15-17-19-20-21-22-23-24-26-28-30-32-34-36-40(46)38-43(48)44-41(39-45)42(47)37-35-33-31-29-27-25-18-16-14-12-10-8-6-4-2/h5,7,11,13-14,16,27,29,35,37,40-42,45-47H,3-4,6,8-10,12,15,17-26,28,30-34,36,38-39H2,1-2H3,(H,44,48)/b7-5-,13-11-,16-14+,29-27+,37-35+. The maximum absolute atomic E-state index is 12.4. The average Bonchev–Trinajstić information content (AvgIpc) is 3.08. The lowest BCUT2D eigenvalue weighted by atomic mass is 10.0. The molecule has 0 saturated carbocycles. The van der Waals surface area contributed by atoms with Crippen LogP contribution in [0.4, 0.5) is 0 Å². The number of nitrogens with one attached hydrogen (secondary N) is 1. The van der Waals surface area contributed by atoms with Crippen LogP contribution in [0.15, 0.2) is 60.8 Å². The first-order valence-corrected chi connectivity index (χ1v) is 20.1. The summed E-state index contributed by atoms with van der Waals surface area (Å²) >= 11 is 0. The monoisotopic (exact) mass is 672 g/mol. The fourth-order valence-electron chi connectivity index (χ4n) is 5.70. The van der Waals surface area contributed by atoms with E-state index in [2.05, 4.69) is 67.8 Å². The molecule has 0 rings (SSSR count). The lowest BCUT2D eigenvalue weighted by Crippen LogP contribution is -2.45. The molecule has 1 amide bonds. The van der Waals surface area contributed by atoms with Crippen LogP contribution in [-0.2, 0) is 4.79 Å². The van der Waals surface area contributed by atoms with Gasteiger partial charge in [0.25, 0.3) is 0 Å². The number of aliphatic hydroxyl groups is 3. The van der Waals surface area contributed by atoms with Gasteiger partial charge in [0.05, 0.1) is 31.3 Å². The SMILES string of the molecule is CC/C=C\C/C=C\CCCCCCCCCCCCCCC(O)CC(=O)NC(CO)C(O)/C=C/CC/C=C/CC/C=C/CCCCCC. The summed E-state index contributed by atoms with van der Waals surface area (Å²) in [5.74, 6) is -0.334. The van der Waals surface area contributed by atoms with Crippen molar-refractivity contribution >= 4 is 5.91 Å². The average molecular weight is 672 g/mol. The van der Waals surface area contributed by atoms with Crippen molar-refractivity contribution in [3.63, 3.8) is 0 Å². The molecule has 3 unspecified atom stereocenters. The van der Waals surface area contributed by atoms with Crippen LogP contribution in [-0.4, -0.2) is 46.1 Å². The highest BCUT2D eigenvalue weighted by Gasteiger charge is 2.20. The Balaban J connectivity index is 3.74. The predicted molar refractivity (Wildman–Crippen MR) is 208 cm³/mol. The fraction of sp³-hybridized carbons (Fsp3) is 0.744. The number of carbonyl (C=O) groups is 1. The van der Waals surface area contributed by atoms with E-state index in [-0.39, 0.29) is 18.9 Å². The molecule has 0 spiro atoms. The molecule has 0 radical (unpaired) electrons. The van der Waals surface area contributed by atoms with Crippen LogP contribution in [0.5, 0.6) is 0 Å². The van der Waals surface area contributed by atoms with Gasteiger partial charge in [-0.2, -0.15) is 0 Å². The summed E-state index contributed by atoms with van der Waals surface area (Å²) in [7, 11) is 0. The topological polar surface area (TPSA) is 89.8 Å². The highest BCUT2D eigenvalue weighted by molar-refractivity contribution is 5.76. The second-order valence-electron chi connectivity index (χ2n) is 13.5. The molecule has 0 saturated heterocycles. The Morgan fingerprint density at radius 3 is 1.56 bits per heavy atom. The zero-order valence-electron chi connectivity index (χ0n) is 31.3. The van der Waals surface area contributed by atoms with Crippen LogP contribution in [0.3, 0.4) is 0 Å². The van der Waals surface area contributed by atoms with Gasteiger partial charge in [0.2, 0.25) is 5.91 Å². The van der Waals surface area contributed by atoms with Gasteiger partial charge in [-0.05, 0) is 70.6 Å². The van der Waals surface area contributed by atoms with Crippen LogP contribution in [0.1, 0.15) is 181 Å². The molecule has 0 bridgehead atoms. The lowest BCUT2D eigenvalue weighted by molar-refractivity contribution is -0.124. The van der Waals surface area contributed by atoms with Crippen molar-refractivity contribution in [1.29, 1.82) is 0 Å². The van der Waals surface area contributed by atoms with Crippen molar-refractivity contribution in [2.45, 2.75) is 199 Å². The van der Waals surface area contributed by atoms with Gasteiger partial charge < -0.3 is 20.6 Å². The van der Waals surface area contributed by atoms with Gasteiger partial charge in [0, 0.05) is 0 Å². The summed E-state index contributed by atoms with van der Waals surface area (Å²) < 4.78 is 0. The Kier molecular flexibility index (Phi) is 36.3. The van der Waals surface area contributed by atoms with E-state index >= 15 is 0 Å². The first-order chi connectivity index (χ1) is 23.5. The Bertz CT molecular complexity index is 831. The number of aliphatic hydroxyl groups excluding tert-OH is 3. The minimum Gasteiger partial charge on any atom is -0.394 e. The third kappa shape index (κ3) is 33.9. The van der Waals surface area contributed by atoms with E-state index in [0.29, 0.717) is 6.42 Å². The summed E-state index contributed by atoms with van der Waals surface area (Å²) in [6.07, 6.45) is 49.2. The first kappa shape index (κ1) is 46.0. The number of unbranched alkanes of at least 4 members (excludes halogenated alkanes) is 18. The van der Waals surface area contributed by atoms with Gasteiger partial charge in [-0.3, -0.25) is 4.79 Å². The summed E-state index contributed by atoms with van der Waals surface area (Å²) in [4.78, 5) is 12.4. The van der Waals surface area contributed by atoms with Gasteiger partial charge in [-0.1, -0.05) is 164 Å². The number of hydrogen-bond acceptors (Lipinski definition) is 4. The van der Waals surface area contributed by atoms with Crippen LogP contribution >= 0.6 is 0 Å². The minimum atomic E-state index is -0.960. The number of allylic oxidation sites excluding steroid dienone is 9. The van der Waals surface area contributed by atoms with E-state index in [0.717, 1.165) is 51.4 Å². The van der Waals surface area contributed by atoms with Crippen molar-refractivity contribution < 1.29 is 20.1 Å². The molecule has 0 aliphatic rings. The molecule has 0 aromatic carbocycles. The van der Waals surface area contributed by atoms with Crippen LogP contribution in [0.2, 0.25) is 0 Å². The second kappa shape index (κ2) is 37.9. The van der Waals surface area contributed by atoms with E-state index in [1.54, 1.807) is 6.08 Å². The fourth-order valence-corrected chi connectivity index (χ4v) is 5.70. The summed E-state index contributed by atoms with van der Waals surface area (Å²) in [6.45, 7) is 4.06. The molecule has 0 fully saturated rings. The Morgan fingerprint density at radius 2 is 1.02 bits per heavy atom. The quantitative estimate of drug-likeness (QED) is 0.0399. The summed E-state index contributed by atoms with van der Waals surface area (Å²) in [6, 6.07) is -0.768. The van der Waals surface area contributed by atoms with Gasteiger partial charge in [0.15, 0.2) is 0 Å². The highest BCUT2D eigenvalue weighted by atomic mass is 16.3. The van der Waals surface area contributed by atoms with Gasteiger partial charge in [-0.15, -0.1) is 0 Å². The smallest absolute Gasteiger partial charge is 0.222 e. The first-order valence-electron chi connectivity index (χ1n) is 20.1. The van der Waals surface area contributed by atoms with Crippen molar-refractivity contribution in [3.05, 3.63) is 60.8 Å². The normalized spacial score (nSPS) is 14.4. The maximum Gasteiger partial charge on any atom is 0.222 e. The summed E-state index contributed by atoms with van der Waals surface area (Å²) in [5.41, 5.74) is 0. The van der Waals surface area contributed by atoms with Crippen molar-refractivity contribution in [2.24, 2.45) is 0 Å². The molecule has 0 heterocycles. The third-order valence-corrected chi connectivity index (χ3v) is 8.77. The molecule has 0 aromatic rings. The van der Waals surface area contributed by atoms with Crippen molar-refractivity contribution in [1.82, 2.24) is 5.32 Å². The van der Waals surface area contributed by atoms with Crippen LogP contribution < -0.4 is 5.32 Å². The number of rotatable bonds is 35. The number of hydrogen-bond donors (Lipinski definition) is 4. The molecule has 5 nitrogen and oxygen atoms in total. The number of amides is 1. The zero-order valence-corrected chi connectivity index (χ0v) is 31.3. The molecule has 0 aliphatic heterocycles. The predicted octanol–water partition coefficient (Wildman–Crippen LogP) is 11.1. The number of carbonyl (C=O) groups excluding carboxylic acids is 1. The Labute approximate surface area is 297 Å². The molecule has 0 aromatic heterocycles. The van der Waals surface area contributed by atoms with E-state index in [1.807, 2.05) is 6.08 Å². The Hall–Kier alpha value is -1.95.